The molecule has 0 aliphatic heterocycles. The fourth-order valence-corrected chi connectivity index (χ4v) is 2.55. The smallest absolute Gasteiger partial charge is 0.241 e. The lowest BCUT2D eigenvalue weighted by Gasteiger charge is -2.24. The van der Waals surface area contributed by atoms with E-state index >= 15 is 0 Å². The van der Waals surface area contributed by atoms with Gasteiger partial charge in [-0.25, -0.2) is 0 Å². The molecule has 0 radical (unpaired) electrons. The average molecular weight is 325 g/mol. The maximum absolute atomic E-state index is 12.5. The lowest BCUT2D eigenvalue weighted by molar-refractivity contribution is -0.120. The van der Waals surface area contributed by atoms with Gasteiger partial charge in [-0.2, -0.15) is 10.4 Å². The highest BCUT2D eigenvalue weighted by molar-refractivity contribution is 5.95. The number of aromatic nitrogens is 2. The number of likely N-dealkylation sites (N-methyl/N-ethyl adjacent to an activating group) is 1. The highest BCUT2D eigenvalue weighted by atomic mass is 16.2. The molecule has 6 nitrogen and oxygen atoms in total. The number of aryl methyl sites for hydroxylation is 2. The molecule has 0 spiro atoms. The van der Waals surface area contributed by atoms with E-state index in [0.29, 0.717) is 12.1 Å². The molecule has 2 aromatic rings. The first kappa shape index (κ1) is 17.7. The SMILES string of the molecule is Cc1nn(C)c(C)c1NC(=O)C(C)N(C)Cc1cccc(C#N)c1. The van der Waals surface area contributed by atoms with Gasteiger partial charge in [-0.1, -0.05) is 12.1 Å². The van der Waals surface area contributed by atoms with Crippen molar-refractivity contribution in [1.29, 1.82) is 5.26 Å². The number of nitriles is 1. The van der Waals surface area contributed by atoms with Gasteiger partial charge < -0.3 is 5.32 Å². The number of hydrogen-bond acceptors (Lipinski definition) is 4. The van der Waals surface area contributed by atoms with E-state index in [-0.39, 0.29) is 11.9 Å². The third kappa shape index (κ3) is 3.81. The Balaban J connectivity index is 2.05. The average Bonchev–Trinajstić information content (AvgIpc) is 2.80. The van der Waals surface area contributed by atoms with Crippen LogP contribution in [-0.2, 0) is 18.4 Å². The standard InChI is InChI=1S/C18H23N5O/c1-12-17(13(2)23(5)21-12)20-18(24)14(3)22(4)11-16-8-6-7-15(9-16)10-19/h6-9,14H,11H2,1-5H3,(H,20,24). The van der Waals surface area contributed by atoms with Crippen molar-refractivity contribution in [1.82, 2.24) is 14.7 Å². The summed E-state index contributed by atoms with van der Waals surface area (Å²) in [6, 6.07) is 9.25. The van der Waals surface area contributed by atoms with E-state index in [9.17, 15) is 4.79 Å². The first-order valence-electron chi connectivity index (χ1n) is 7.83. The van der Waals surface area contributed by atoms with Crippen LogP contribution >= 0.6 is 0 Å². The van der Waals surface area contributed by atoms with Crippen molar-refractivity contribution in [3.63, 3.8) is 0 Å². The molecular weight excluding hydrogens is 302 g/mol. The van der Waals surface area contributed by atoms with Crippen molar-refractivity contribution in [2.75, 3.05) is 12.4 Å². The predicted molar refractivity (Wildman–Crippen MR) is 93.4 cm³/mol. The molecule has 0 bridgehead atoms. The molecule has 0 fully saturated rings. The number of hydrogen-bond donors (Lipinski definition) is 1. The Morgan fingerprint density at radius 1 is 1.46 bits per heavy atom. The Morgan fingerprint density at radius 2 is 2.17 bits per heavy atom. The molecule has 1 N–H and O–H groups in total. The van der Waals surface area contributed by atoms with Crippen LogP contribution < -0.4 is 5.32 Å². The number of amides is 1. The van der Waals surface area contributed by atoms with Gasteiger partial charge in [0.15, 0.2) is 0 Å². The third-order valence-corrected chi connectivity index (χ3v) is 4.29. The van der Waals surface area contributed by atoms with E-state index in [1.807, 2.05) is 58.0 Å². The number of benzene rings is 1. The van der Waals surface area contributed by atoms with Crippen molar-refractivity contribution < 1.29 is 4.79 Å². The van der Waals surface area contributed by atoms with Gasteiger partial charge in [0.1, 0.15) is 0 Å². The molecule has 0 saturated heterocycles. The second kappa shape index (κ2) is 7.28. The highest BCUT2D eigenvalue weighted by Crippen LogP contribution is 2.19. The second-order valence-corrected chi connectivity index (χ2v) is 6.06. The molecular formula is C18H23N5O. The van der Waals surface area contributed by atoms with Gasteiger partial charge in [-0.3, -0.25) is 14.4 Å². The quantitative estimate of drug-likeness (QED) is 0.916. The van der Waals surface area contributed by atoms with Crippen molar-refractivity contribution in [3.8, 4) is 6.07 Å². The summed E-state index contributed by atoms with van der Waals surface area (Å²) in [5.41, 5.74) is 4.14. The van der Waals surface area contributed by atoms with E-state index in [1.165, 1.54) is 0 Å². The van der Waals surface area contributed by atoms with Crippen LogP contribution in [0.15, 0.2) is 24.3 Å². The number of carbonyl (C=O) groups excluding carboxylic acids is 1. The van der Waals surface area contributed by atoms with Gasteiger partial charge in [0.2, 0.25) is 5.91 Å². The number of rotatable bonds is 5. The summed E-state index contributed by atoms with van der Waals surface area (Å²) in [6.45, 7) is 6.27. The molecule has 1 aromatic heterocycles. The first-order chi connectivity index (χ1) is 11.3. The van der Waals surface area contributed by atoms with Gasteiger partial charge in [0.05, 0.1) is 34.7 Å². The minimum atomic E-state index is -0.310. The van der Waals surface area contributed by atoms with E-state index in [1.54, 1.807) is 10.7 Å². The van der Waals surface area contributed by atoms with Gasteiger partial charge in [0.25, 0.3) is 0 Å². The fraction of sp³-hybridized carbons (Fsp3) is 0.389. The summed E-state index contributed by atoms with van der Waals surface area (Å²) in [4.78, 5) is 14.5. The largest absolute Gasteiger partial charge is 0.322 e. The van der Waals surface area contributed by atoms with Crippen LogP contribution in [0, 0.1) is 25.2 Å². The zero-order valence-corrected chi connectivity index (χ0v) is 14.8. The second-order valence-electron chi connectivity index (χ2n) is 6.06. The minimum absolute atomic E-state index is 0.0758. The fourth-order valence-electron chi connectivity index (χ4n) is 2.55. The van der Waals surface area contributed by atoms with Crippen LogP contribution in [-0.4, -0.2) is 33.7 Å². The normalized spacial score (nSPS) is 12.0. The van der Waals surface area contributed by atoms with Crippen LogP contribution in [0.25, 0.3) is 0 Å². The van der Waals surface area contributed by atoms with Crippen LogP contribution in [0.4, 0.5) is 5.69 Å². The first-order valence-corrected chi connectivity index (χ1v) is 7.83. The maximum Gasteiger partial charge on any atom is 0.241 e. The van der Waals surface area contributed by atoms with Gasteiger partial charge in [0, 0.05) is 13.6 Å². The number of nitrogens with one attached hydrogen (secondary N) is 1. The maximum atomic E-state index is 12.5. The summed E-state index contributed by atoms with van der Waals surface area (Å²) >= 11 is 0. The summed E-state index contributed by atoms with van der Waals surface area (Å²) < 4.78 is 1.76. The minimum Gasteiger partial charge on any atom is -0.322 e. The molecule has 0 aliphatic rings. The van der Waals surface area contributed by atoms with Gasteiger partial charge in [-0.15, -0.1) is 0 Å². The molecule has 24 heavy (non-hydrogen) atoms. The number of anilines is 1. The molecule has 2 rings (SSSR count). The van der Waals surface area contributed by atoms with E-state index in [0.717, 1.165) is 22.6 Å². The molecule has 1 heterocycles. The van der Waals surface area contributed by atoms with Crippen LogP contribution in [0.1, 0.15) is 29.4 Å². The molecule has 1 unspecified atom stereocenters. The monoisotopic (exact) mass is 325 g/mol. The van der Waals surface area contributed by atoms with Crippen molar-refractivity contribution in [3.05, 3.63) is 46.8 Å². The molecule has 6 heteroatoms. The molecule has 1 aromatic carbocycles. The lowest BCUT2D eigenvalue weighted by atomic mass is 10.1. The molecule has 126 valence electrons. The molecule has 0 aliphatic carbocycles. The zero-order valence-electron chi connectivity index (χ0n) is 14.8. The van der Waals surface area contributed by atoms with Crippen molar-refractivity contribution in [2.45, 2.75) is 33.4 Å². The van der Waals surface area contributed by atoms with Crippen molar-refractivity contribution >= 4 is 11.6 Å². The van der Waals surface area contributed by atoms with E-state index in [2.05, 4.69) is 16.5 Å². The van der Waals surface area contributed by atoms with Crippen LogP contribution in [0.3, 0.4) is 0 Å². The third-order valence-electron chi connectivity index (χ3n) is 4.29. The Bertz CT molecular complexity index is 787. The van der Waals surface area contributed by atoms with Crippen LogP contribution in [0.2, 0.25) is 0 Å². The summed E-state index contributed by atoms with van der Waals surface area (Å²) in [7, 11) is 3.75. The van der Waals surface area contributed by atoms with Crippen molar-refractivity contribution in [2.24, 2.45) is 7.05 Å². The Kier molecular flexibility index (Phi) is 5.37. The highest BCUT2D eigenvalue weighted by Gasteiger charge is 2.21. The molecule has 0 saturated carbocycles. The Labute approximate surface area is 142 Å². The topological polar surface area (TPSA) is 74.0 Å². The van der Waals surface area contributed by atoms with Crippen LogP contribution in [0.5, 0.6) is 0 Å². The molecule has 1 amide bonds. The number of carbonyl (C=O) groups is 1. The van der Waals surface area contributed by atoms with E-state index < -0.39 is 0 Å². The lowest BCUT2D eigenvalue weighted by Crippen LogP contribution is -2.39. The zero-order chi connectivity index (χ0) is 17.9. The van der Waals surface area contributed by atoms with Gasteiger partial charge in [-0.05, 0) is 45.5 Å². The Hall–Kier alpha value is -2.65. The Morgan fingerprint density at radius 3 is 2.75 bits per heavy atom. The number of nitrogens with zero attached hydrogens (tertiary/aromatic N) is 4. The van der Waals surface area contributed by atoms with Gasteiger partial charge >= 0.3 is 0 Å². The van der Waals surface area contributed by atoms with E-state index in [4.69, 9.17) is 5.26 Å². The summed E-state index contributed by atoms with van der Waals surface area (Å²) in [5.74, 6) is -0.0758. The predicted octanol–water partition coefficient (Wildman–Crippen LogP) is 2.37. The summed E-state index contributed by atoms with van der Waals surface area (Å²) in [6.07, 6.45) is 0. The summed E-state index contributed by atoms with van der Waals surface area (Å²) in [5, 5.41) is 16.3. The molecule has 1 atom stereocenters.